The maximum atomic E-state index is 13.1. The maximum Gasteiger partial charge on any atom is 0.246 e. The molecule has 2 rings (SSSR count). The highest BCUT2D eigenvalue weighted by molar-refractivity contribution is 5.92. The number of likely N-dealkylation sites (N-methyl/N-ethyl adjacent to an activating group) is 1. The number of methoxy groups -OCH3 is 1. The molecule has 0 saturated heterocycles. The first-order valence-electron chi connectivity index (χ1n) is 8.97. The third-order valence-corrected chi connectivity index (χ3v) is 4.35. The van der Waals surface area contributed by atoms with Crippen molar-refractivity contribution < 1.29 is 18.7 Å². The van der Waals surface area contributed by atoms with Gasteiger partial charge < -0.3 is 14.4 Å². The predicted molar refractivity (Wildman–Crippen MR) is 105 cm³/mol. The monoisotopic (exact) mass is 371 g/mol. The molecule has 0 aliphatic rings. The zero-order chi connectivity index (χ0) is 19.8. The van der Waals surface area contributed by atoms with E-state index in [1.54, 1.807) is 37.3 Å². The normalized spacial score (nSPS) is 12.0. The highest BCUT2D eigenvalue weighted by Gasteiger charge is 2.15. The minimum atomic E-state index is -0.292. The van der Waals surface area contributed by atoms with Gasteiger partial charge in [0.1, 0.15) is 5.82 Å². The van der Waals surface area contributed by atoms with Gasteiger partial charge in [-0.15, -0.1) is 0 Å². The van der Waals surface area contributed by atoms with Gasteiger partial charge in [0.25, 0.3) is 0 Å². The Labute approximate surface area is 160 Å². The Kier molecular flexibility index (Phi) is 7.41. The molecule has 0 fully saturated rings. The van der Waals surface area contributed by atoms with Crippen molar-refractivity contribution in [2.75, 3.05) is 20.8 Å². The lowest BCUT2D eigenvalue weighted by atomic mass is 10.1. The average molecular weight is 371 g/mol. The summed E-state index contributed by atoms with van der Waals surface area (Å²) in [4.78, 5) is 14.1. The van der Waals surface area contributed by atoms with Gasteiger partial charge in [-0.05, 0) is 54.8 Å². The molecule has 0 saturated carbocycles. The molecule has 2 aromatic rings. The first kappa shape index (κ1) is 20.5. The van der Waals surface area contributed by atoms with Crippen molar-refractivity contribution >= 4 is 12.0 Å². The van der Waals surface area contributed by atoms with E-state index in [-0.39, 0.29) is 17.8 Å². The fourth-order valence-corrected chi connectivity index (χ4v) is 2.56. The molecule has 0 radical (unpaired) electrons. The molecule has 0 N–H and O–H groups in total. The molecular weight excluding hydrogens is 345 g/mol. The van der Waals surface area contributed by atoms with E-state index in [0.717, 1.165) is 17.5 Å². The molecule has 0 bridgehead atoms. The quantitative estimate of drug-likeness (QED) is 0.622. The van der Waals surface area contributed by atoms with Crippen LogP contribution in [0.4, 0.5) is 4.39 Å². The van der Waals surface area contributed by atoms with Crippen LogP contribution in [0.5, 0.6) is 11.5 Å². The molecule has 144 valence electrons. The molecule has 1 unspecified atom stereocenters. The van der Waals surface area contributed by atoms with Gasteiger partial charge in [-0.3, -0.25) is 4.79 Å². The van der Waals surface area contributed by atoms with Gasteiger partial charge in [0.2, 0.25) is 5.91 Å². The fraction of sp³-hybridized carbons (Fsp3) is 0.318. The molecule has 0 heterocycles. The maximum absolute atomic E-state index is 13.1. The molecule has 0 aliphatic carbocycles. The number of rotatable bonds is 8. The van der Waals surface area contributed by atoms with E-state index in [1.165, 1.54) is 18.2 Å². The van der Waals surface area contributed by atoms with Crippen molar-refractivity contribution in [2.24, 2.45) is 0 Å². The summed E-state index contributed by atoms with van der Waals surface area (Å²) in [5.74, 6) is 0.883. The molecule has 4 nitrogen and oxygen atoms in total. The summed E-state index contributed by atoms with van der Waals surface area (Å²) in [6.07, 6.45) is 4.17. The van der Waals surface area contributed by atoms with Crippen molar-refractivity contribution in [3.05, 3.63) is 65.5 Å². The minimum Gasteiger partial charge on any atom is -0.493 e. The van der Waals surface area contributed by atoms with Gasteiger partial charge >= 0.3 is 0 Å². The van der Waals surface area contributed by atoms with Crippen LogP contribution in [0.3, 0.4) is 0 Å². The van der Waals surface area contributed by atoms with Crippen LogP contribution in [0.25, 0.3) is 6.08 Å². The van der Waals surface area contributed by atoms with Gasteiger partial charge in [-0.25, -0.2) is 4.39 Å². The number of carbonyl (C=O) groups is 1. The van der Waals surface area contributed by atoms with Gasteiger partial charge in [0, 0.05) is 13.1 Å². The minimum absolute atomic E-state index is 0.142. The fourth-order valence-electron chi connectivity index (χ4n) is 2.56. The number of ether oxygens (including phenoxy) is 2. The lowest BCUT2D eigenvalue weighted by Crippen LogP contribution is -2.27. The predicted octanol–water partition coefficient (Wildman–Crippen LogP) is 4.86. The highest BCUT2D eigenvalue weighted by atomic mass is 19.1. The van der Waals surface area contributed by atoms with Crippen molar-refractivity contribution in [1.82, 2.24) is 4.90 Å². The summed E-state index contributed by atoms with van der Waals surface area (Å²) < 4.78 is 24.1. The van der Waals surface area contributed by atoms with Crippen LogP contribution in [-0.2, 0) is 4.79 Å². The van der Waals surface area contributed by atoms with Crippen molar-refractivity contribution in [3.63, 3.8) is 0 Å². The van der Waals surface area contributed by atoms with Gasteiger partial charge in [0.15, 0.2) is 11.5 Å². The first-order chi connectivity index (χ1) is 13.0. The van der Waals surface area contributed by atoms with Crippen LogP contribution in [-0.4, -0.2) is 31.6 Å². The number of carbonyl (C=O) groups excluding carboxylic acids is 1. The molecule has 2 aromatic carbocycles. The molecule has 0 aliphatic heterocycles. The van der Waals surface area contributed by atoms with E-state index in [4.69, 9.17) is 9.47 Å². The summed E-state index contributed by atoms with van der Waals surface area (Å²) in [7, 11) is 3.31. The number of benzene rings is 2. The summed E-state index contributed by atoms with van der Waals surface area (Å²) in [5.41, 5.74) is 1.71. The third-order valence-electron chi connectivity index (χ3n) is 4.35. The Hall–Kier alpha value is -2.82. The molecule has 1 atom stereocenters. The molecule has 5 heteroatoms. The third kappa shape index (κ3) is 5.58. The van der Waals surface area contributed by atoms with Crippen LogP contribution in [0.1, 0.15) is 37.4 Å². The highest BCUT2D eigenvalue weighted by Crippen LogP contribution is 2.29. The first-order valence-corrected chi connectivity index (χ1v) is 8.97. The number of hydrogen-bond donors (Lipinski definition) is 0. The smallest absolute Gasteiger partial charge is 0.246 e. The number of amides is 1. The van der Waals surface area contributed by atoms with E-state index in [9.17, 15) is 9.18 Å². The zero-order valence-electron chi connectivity index (χ0n) is 16.2. The second-order valence-corrected chi connectivity index (χ2v) is 6.27. The van der Waals surface area contributed by atoms with Crippen molar-refractivity contribution in [1.29, 1.82) is 0 Å². The van der Waals surface area contributed by atoms with Crippen LogP contribution in [0.2, 0.25) is 0 Å². The average Bonchev–Trinajstić information content (AvgIpc) is 2.70. The van der Waals surface area contributed by atoms with Crippen LogP contribution >= 0.6 is 0 Å². The molecule has 0 spiro atoms. The van der Waals surface area contributed by atoms with E-state index in [0.29, 0.717) is 18.1 Å². The van der Waals surface area contributed by atoms with Crippen LogP contribution < -0.4 is 9.47 Å². The Bertz CT molecular complexity index is 787. The Morgan fingerprint density at radius 3 is 2.52 bits per heavy atom. The second kappa shape index (κ2) is 9.76. The topological polar surface area (TPSA) is 38.8 Å². The Balaban J connectivity index is 2.07. The standard InChI is InChI=1S/C22H26FNO3/c1-5-14-27-20-12-6-17(15-21(20)26-4)7-13-22(25)24(3)16(2)18-8-10-19(23)11-9-18/h6-13,15-16H,5,14H2,1-4H3/b13-7+. The zero-order valence-corrected chi connectivity index (χ0v) is 16.2. The van der Waals surface area contributed by atoms with Gasteiger partial charge in [-0.2, -0.15) is 0 Å². The van der Waals surface area contributed by atoms with E-state index in [2.05, 4.69) is 0 Å². The Morgan fingerprint density at radius 2 is 1.89 bits per heavy atom. The Morgan fingerprint density at radius 1 is 1.19 bits per heavy atom. The second-order valence-electron chi connectivity index (χ2n) is 6.27. The lowest BCUT2D eigenvalue weighted by molar-refractivity contribution is -0.126. The van der Waals surface area contributed by atoms with Crippen LogP contribution in [0.15, 0.2) is 48.5 Å². The molecular formula is C22H26FNO3. The molecule has 1 amide bonds. The SMILES string of the molecule is CCCOc1ccc(/C=C/C(=O)N(C)C(C)c2ccc(F)cc2)cc1OC. The number of hydrogen-bond acceptors (Lipinski definition) is 3. The largest absolute Gasteiger partial charge is 0.493 e. The van der Waals surface area contributed by atoms with Gasteiger partial charge in [0.05, 0.1) is 19.8 Å². The number of nitrogens with zero attached hydrogens (tertiary/aromatic N) is 1. The lowest BCUT2D eigenvalue weighted by Gasteiger charge is -2.24. The van der Waals surface area contributed by atoms with E-state index < -0.39 is 0 Å². The van der Waals surface area contributed by atoms with E-state index in [1.807, 2.05) is 32.0 Å². The summed E-state index contributed by atoms with van der Waals surface area (Å²) in [5, 5.41) is 0. The van der Waals surface area contributed by atoms with Gasteiger partial charge in [-0.1, -0.05) is 25.1 Å². The van der Waals surface area contributed by atoms with Crippen LogP contribution in [0, 0.1) is 5.82 Å². The summed E-state index contributed by atoms with van der Waals surface area (Å²) in [6.45, 7) is 4.57. The van der Waals surface area contributed by atoms with Crippen molar-refractivity contribution in [2.45, 2.75) is 26.3 Å². The van der Waals surface area contributed by atoms with Crippen molar-refractivity contribution in [3.8, 4) is 11.5 Å². The summed E-state index contributed by atoms with van der Waals surface area (Å²) in [6, 6.07) is 11.5. The summed E-state index contributed by atoms with van der Waals surface area (Å²) >= 11 is 0. The van der Waals surface area contributed by atoms with E-state index >= 15 is 0 Å². The number of halogens is 1. The molecule has 0 aromatic heterocycles. The molecule has 27 heavy (non-hydrogen) atoms.